The lowest BCUT2D eigenvalue weighted by Gasteiger charge is -2.20. The maximum Gasteiger partial charge on any atom is 0.420 e. The van der Waals surface area contributed by atoms with Gasteiger partial charge in [0.2, 0.25) is 0 Å². The summed E-state index contributed by atoms with van der Waals surface area (Å²) in [6.07, 6.45) is 1.37. The van der Waals surface area contributed by atoms with Gasteiger partial charge < -0.3 is 14.0 Å². The highest BCUT2D eigenvalue weighted by Crippen LogP contribution is 2.42. The molecule has 0 atom stereocenters. The Kier molecular flexibility index (Phi) is 4.67. The van der Waals surface area contributed by atoms with Crippen LogP contribution in [-0.4, -0.2) is 39.5 Å². The molecule has 4 rings (SSSR count). The number of aromatic nitrogens is 3. The first-order valence-corrected chi connectivity index (χ1v) is 9.92. The van der Waals surface area contributed by atoms with Gasteiger partial charge in [0, 0.05) is 11.5 Å². The molecule has 0 N–H and O–H groups in total. The number of hydrogen-bond acceptors (Lipinski definition) is 7. The highest BCUT2D eigenvalue weighted by atomic mass is 16.6. The van der Waals surface area contributed by atoms with Crippen molar-refractivity contribution in [2.24, 2.45) is 0 Å². The maximum atomic E-state index is 13.1. The van der Waals surface area contributed by atoms with E-state index in [4.69, 9.17) is 14.0 Å². The van der Waals surface area contributed by atoms with Crippen LogP contribution in [0.3, 0.4) is 0 Å². The van der Waals surface area contributed by atoms with Crippen LogP contribution >= 0.6 is 0 Å². The Morgan fingerprint density at radius 2 is 1.90 bits per heavy atom. The minimum absolute atomic E-state index is 0.165. The number of rotatable bonds is 3. The van der Waals surface area contributed by atoms with Crippen LogP contribution in [0.15, 0.2) is 16.7 Å². The Hall–Kier alpha value is -3.16. The summed E-state index contributed by atoms with van der Waals surface area (Å²) < 4.78 is 17.4. The van der Waals surface area contributed by atoms with Gasteiger partial charge in [-0.05, 0) is 65.2 Å². The molecule has 0 unspecified atom stereocenters. The van der Waals surface area contributed by atoms with Gasteiger partial charge in [0.05, 0.1) is 23.9 Å². The summed E-state index contributed by atoms with van der Waals surface area (Å²) in [4.78, 5) is 30.4. The third kappa shape index (κ3) is 3.46. The maximum absolute atomic E-state index is 13.1. The largest absolute Gasteiger partial charge is 0.465 e. The Balaban J connectivity index is 2.02. The second-order valence-corrected chi connectivity index (χ2v) is 8.64. The highest BCUT2D eigenvalue weighted by molar-refractivity contribution is 6.06. The fourth-order valence-electron chi connectivity index (χ4n) is 3.61. The van der Waals surface area contributed by atoms with Gasteiger partial charge in [-0.15, -0.1) is 0 Å². The molecule has 0 saturated heterocycles. The van der Waals surface area contributed by atoms with Crippen molar-refractivity contribution in [3.8, 4) is 11.1 Å². The van der Waals surface area contributed by atoms with Crippen LogP contribution in [0.4, 0.5) is 4.79 Å². The van der Waals surface area contributed by atoms with Gasteiger partial charge in [0.15, 0.2) is 0 Å². The second kappa shape index (κ2) is 6.97. The van der Waals surface area contributed by atoms with Crippen molar-refractivity contribution in [1.82, 2.24) is 14.7 Å². The highest BCUT2D eigenvalue weighted by Gasteiger charge is 2.35. The number of fused-ring (bicyclic) bond motifs is 1. The molecule has 1 aliphatic rings. The average Bonchev–Trinajstić information content (AvgIpc) is 3.35. The van der Waals surface area contributed by atoms with Gasteiger partial charge in [-0.2, -0.15) is 0 Å². The molecule has 2 aromatic heterocycles. The lowest BCUT2D eigenvalue weighted by Crippen LogP contribution is -2.28. The molecular formula is C22H25N3O5. The number of imidazole rings is 1. The van der Waals surface area contributed by atoms with Crippen LogP contribution in [0.25, 0.3) is 22.2 Å². The first-order valence-electron chi connectivity index (χ1n) is 9.92. The smallest absolute Gasteiger partial charge is 0.420 e. The SMILES string of the molecule is COC(=O)c1cc(-c2c(C)noc2C)cc2c1nc(C1CC1)n2C(=O)OC(C)(C)C. The van der Waals surface area contributed by atoms with E-state index in [0.29, 0.717) is 33.9 Å². The van der Waals surface area contributed by atoms with E-state index < -0.39 is 17.7 Å². The fourth-order valence-corrected chi connectivity index (χ4v) is 3.61. The number of carbonyl (C=O) groups is 2. The molecule has 0 aliphatic heterocycles. The van der Waals surface area contributed by atoms with Crippen LogP contribution in [-0.2, 0) is 9.47 Å². The van der Waals surface area contributed by atoms with E-state index in [0.717, 1.165) is 18.4 Å². The summed E-state index contributed by atoms with van der Waals surface area (Å²) in [5.74, 6) is 0.872. The van der Waals surface area contributed by atoms with Gasteiger partial charge in [-0.1, -0.05) is 5.16 Å². The van der Waals surface area contributed by atoms with Crippen molar-refractivity contribution < 1.29 is 23.6 Å². The molecule has 1 fully saturated rings. The topological polar surface area (TPSA) is 96.5 Å². The van der Waals surface area contributed by atoms with Crippen LogP contribution < -0.4 is 0 Å². The molecule has 0 radical (unpaired) electrons. The molecule has 1 saturated carbocycles. The molecule has 0 amide bonds. The lowest BCUT2D eigenvalue weighted by atomic mass is 10.0. The molecule has 0 bridgehead atoms. The molecular weight excluding hydrogens is 386 g/mol. The normalized spacial score (nSPS) is 14.2. The van der Waals surface area contributed by atoms with Crippen molar-refractivity contribution >= 4 is 23.1 Å². The van der Waals surface area contributed by atoms with Crippen molar-refractivity contribution in [1.29, 1.82) is 0 Å². The number of nitrogens with zero attached hydrogens (tertiary/aromatic N) is 3. The van der Waals surface area contributed by atoms with Crippen molar-refractivity contribution in [2.75, 3.05) is 7.11 Å². The summed E-state index contributed by atoms with van der Waals surface area (Å²) in [5, 5.41) is 4.01. The van der Waals surface area contributed by atoms with Crippen LogP contribution in [0, 0.1) is 13.8 Å². The quantitative estimate of drug-likeness (QED) is 0.574. The molecule has 8 heteroatoms. The average molecular weight is 411 g/mol. The van der Waals surface area contributed by atoms with E-state index in [9.17, 15) is 9.59 Å². The molecule has 1 aromatic carbocycles. The van der Waals surface area contributed by atoms with Crippen LogP contribution in [0.5, 0.6) is 0 Å². The summed E-state index contributed by atoms with van der Waals surface area (Å²) >= 11 is 0. The van der Waals surface area contributed by atoms with Gasteiger partial charge in [0.25, 0.3) is 0 Å². The number of methoxy groups -OCH3 is 1. The van der Waals surface area contributed by atoms with Crippen LogP contribution in [0.2, 0.25) is 0 Å². The second-order valence-electron chi connectivity index (χ2n) is 8.64. The third-order valence-corrected chi connectivity index (χ3v) is 5.03. The zero-order valence-electron chi connectivity index (χ0n) is 18.0. The number of benzene rings is 1. The fraction of sp³-hybridized carbons (Fsp3) is 0.455. The zero-order valence-corrected chi connectivity index (χ0v) is 18.0. The summed E-state index contributed by atoms with van der Waals surface area (Å²) in [6.45, 7) is 9.08. The Bertz CT molecular complexity index is 1140. The van der Waals surface area contributed by atoms with Gasteiger partial charge in [0.1, 0.15) is 22.7 Å². The summed E-state index contributed by atoms with van der Waals surface area (Å²) in [6, 6.07) is 3.54. The molecule has 0 spiro atoms. The summed E-state index contributed by atoms with van der Waals surface area (Å²) in [7, 11) is 1.32. The van der Waals surface area contributed by atoms with Crippen molar-refractivity contribution in [2.45, 2.75) is 59.0 Å². The minimum atomic E-state index is -0.668. The van der Waals surface area contributed by atoms with Crippen molar-refractivity contribution in [3.05, 3.63) is 35.0 Å². The van der Waals surface area contributed by atoms with Gasteiger partial charge >= 0.3 is 12.1 Å². The number of hydrogen-bond donors (Lipinski definition) is 0. The first-order chi connectivity index (χ1) is 14.1. The summed E-state index contributed by atoms with van der Waals surface area (Å²) in [5.41, 5.74) is 2.70. The number of esters is 1. The van der Waals surface area contributed by atoms with E-state index >= 15 is 0 Å². The van der Waals surface area contributed by atoms with Crippen molar-refractivity contribution in [3.63, 3.8) is 0 Å². The van der Waals surface area contributed by atoms with Crippen LogP contribution in [0.1, 0.15) is 67.2 Å². The number of ether oxygens (including phenoxy) is 2. The van der Waals surface area contributed by atoms with E-state index in [-0.39, 0.29) is 11.5 Å². The van der Waals surface area contributed by atoms with Gasteiger partial charge in [-0.3, -0.25) is 0 Å². The number of carbonyl (C=O) groups excluding carboxylic acids is 2. The Morgan fingerprint density at radius 1 is 1.20 bits per heavy atom. The molecule has 2 heterocycles. The van der Waals surface area contributed by atoms with E-state index in [1.165, 1.54) is 11.7 Å². The molecule has 3 aromatic rings. The van der Waals surface area contributed by atoms with E-state index in [1.807, 2.05) is 33.8 Å². The van der Waals surface area contributed by atoms with Gasteiger partial charge in [-0.25, -0.2) is 19.1 Å². The lowest BCUT2D eigenvalue weighted by molar-refractivity contribution is 0.0537. The molecule has 30 heavy (non-hydrogen) atoms. The van der Waals surface area contributed by atoms with E-state index in [1.54, 1.807) is 13.0 Å². The Morgan fingerprint density at radius 3 is 2.43 bits per heavy atom. The zero-order chi connectivity index (χ0) is 21.8. The first kappa shape index (κ1) is 20.1. The number of aryl methyl sites for hydroxylation is 2. The predicted octanol–water partition coefficient (Wildman–Crippen LogP) is 4.76. The predicted molar refractivity (Wildman–Crippen MR) is 110 cm³/mol. The standard InChI is InChI=1S/C22H25N3O5/c1-11-17(12(2)30-24-11)14-9-15(20(26)28-6)18-16(10-14)25(19(23-18)13-7-8-13)21(27)29-22(3,4)5/h9-10,13H,7-8H2,1-6H3. The minimum Gasteiger partial charge on any atom is -0.465 e. The monoisotopic (exact) mass is 411 g/mol. The molecule has 8 nitrogen and oxygen atoms in total. The third-order valence-electron chi connectivity index (χ3n) is 5.03. The van der Waals surface area contributed by atoms with E-state index in [2.05, 4.69) is 10.1 Å². The molecule has 1 aliphatic carbocycles. The Labute approximate surface area is 174 Å². The molecule has 158 valence electrons.